The van der Waals surface area contributed by atoms with E-state index in [1.807, 2.05) is 25.4 Å². The number of nitrogens with zero attached hydrogens (tertiary/aromatic N) is 4. The molecule has 0 bridgehead atoms. The minimum absolute atomic E-state index is 0.241. The van der Waals surface area contributed by atoms with Crippen LogP contribution in [0.4, 0.5) is 11.5 Å². The van der Waals surface area contributed by atoms with E-state index in [0.29, 0.717) is 35.9 Å². The Balaban J connectivity index is 1.88. The van der Waals surface area contributed by atoms with Gasteiger partial charge < -0.3 is 15.8 Å². The zero-order valence-electron chi connectivity index (χ0n) is 14.7. The Hall–Kier alpha value is -3.26. The van der Waals surface area contributed by atoms with Crippen molar-refractivity contribution in [3.8, 4) is 11.1 Å². The summed E-state index contributed by atoms with van der Waals surface area (Å²) in [6.45, 7) is 1.19. The molecule has 26 heavy (non-hydrogen) atoms. The Bertz CT molecular complexity index is 919. The van der Waals surface area contributed by atoms with Crippen LogP contribution < -0.4 is 11.1 Å². The lowest BCUT2D eigenvalue weighted by Crippen LogP contribution is -2.12. The average molecular weight is 351 g/mol. The maximum absolute atomic E-state index is 8.54. The van der Waals surface area contributed by atoms with E-state index < -0.39 is 0 Å². The predicted molar refractivity (Wildman–Crippen MR) is 101 cm³/mol. The van der Waals surface area contributed by atoms with Crippen molar-refractivity contribution >= 4 is 17.2 Å². The van der Waals surface area contributed by atoms with Crippen LogP contribution in [0.25, 0.3) is 11.1 Å². The lowest BCUT2D eigenvalue weighted by molar-refractivity contribution is 0.210. The molecule has 8 nitrogen and oxygen atoms in total. The van der Waals surface area contributed by atoms with Gasteiger partial charge >= 0.3 is 0 Å². The largest absolute Gasteiger partial charge is 0.398 e. The van der Waals surface area contributed by atoms with Crippen molar-refractivity contribution in [3.63, 3.8) is 0 Å². The van der Waals surface area contributed by atoms with Crippen molar-refractivity contribution in [3.05, 3.63) is 54.2 Å². The van der Waals surface area contributed by atoms with Gasteiger partial charge in [-0.2, -0.15) is 5.10 Å². The first-order valence-electron chi connectivity index (χ1n) is 8.11. The minimum atomic E-state index is 0.241. The van der Waals surface area contributed by atoms with Crippen molar-refractivity contribution in [1.82, 2.24) is 19.7 Å². The quantitative estimate of drug-likeness (QED) is 0.340. The summed E-state index contributed by atoms with van der Waals surface area (Å²) < 4.78 is 6.75. The van der Waals surface area contributed by atoms with Gasteiger partial charge in [-0.25, -0.2) is 9.97 Å². The normalized spacial score (nSPS) is 10.7. The van der Waals surface area contributed by atoms with Gasteiger partial charge in [0.2, 0.25) is 0 Å². The van der Waals surface area contributed by atoms with E-state index in [1.165, 1.54) is 6.33 Å². The fourth-order valence-electron chi connectivity index (χ4n) is 2.53. The summed E-state index contributed by atoms with van der Waals surface area (Å²) in [5.74, 6) is 0.638. The summed E-state index contributed by atoms with van der Waals surface area (Å²) >= 11 is 0. The Labute approximate surface area is 151 Å². The van der Waals surface area contributed by atoms with Crippen LogP contribution in [0.2, 0.25) is 0 Å². The Morgan fingerprint density at radius 3 is 2.85 bits per heavy atom. The molecule has 4 N–H and O–H groups in total. The van der Waals surface area contributed by atoms with Crippen molar-refractivity contribution in [2.24, 2.45) is 7.05 Å². The number of anilines is 2. The molecule has 2 heterocycles. The summed E-state index contributed by atoms with van der Waals surface area (Å²) in [6, 6.07) is 7.33. The molecule has 8 heteroatoms. The maximum Gasteiger partial charge on any atom is 0.130 e. The molecular formula is C18H21N7O. The smallest absolute Gasteiger partial charge is 0.130 e. The molecule has 0 unspecified atom stereocenters. The first-order chi connectivity index (χ1) is 12.6. The van der Waals surface area contributed by atoms with E-state index >= 15 is 0 Å². The number of nitrogens with one attached hydrogen (secondary N) is 2. The molecule has 0 aliphatic carbocycles. The summed E-state index contributed by atoms with van der Waals surface area (Å²) in [4.78, 5) is 8.37. The van der Waals surface area contributed by atoms with Gasteiger partial charge in [-0.15, -0.1) is 0 Å². The molecule has 0 aliphatic rings. The lowest BCUT2D eigenvalue weighted by Gasteiger charge is -2.10. The third kappa shape index (κ3) is 3.86. The zero-order valence-corrected chi connectivity index (χ0v) is 14.7. The average Bonchev–Trinajstić information content (AvgIpc) is 3.08. The highest BCUT2D eigenvalue weighted by atomic mass is 16.5. The number of benzene rings is 1. The number of nitrogen functional groups attached to an aromatic ring is 1. The van der Waals surface area contributed by atoms with Crippen LogP contribution in [-0.4, -0.2) is 45.7 Å². The number of methoxy groups -OCH3 is 1. The number of hydrogen-bond acceptors (Lipinski definition) is 7. The predicted octanol–water partition coefficient (Wildman–Crippen LogP) is 1.93. The van der Waals surface area contributed by atoms with E-state index in [0.717, 1.165) is 11.1 Å². The third-order valence-corrected chi connectivity index (χ3v) is 3.90. The van der Waals surface area contributed by atoms with E-state index in [9.17, 15) is 0 Å². The van der Waals surface area contributed by atoms with Gasteiger partial charge in [-0.1, -0.05) is 6.07 Å². The van der Waals surface area contributed by atoms with Crippen LogP contribution in [0.1, 0.15) is 11.3 Å². The first-order valence-corrected chi connectivity index (χ1v) is 8.11. The van der Waals surface area contributed by atoms with Gasteiger partial charge in [-0.3, -0.25) is 10.1 Å². The molecular weight excluding hydrogens is 330 g/mol. The minimum Gasteiger partial charge on any atom is -0.398 e. The molecule has 0 aliphatic heterocycles. The van der Waals surface area contributed by atoms with Crippen LogP contribution in [0.15, 0.2) is 43.0 Å². The number of aromatic nitrogens is 4. The Kier molecular flexibility index (Phi) is 5.23. The number of ether oxygens (including phenoxy) is 1. The van der Waals surface area contributed by atoms with E-state index in [2.05, 4.69) is 20.4 Å². The van der Waals surface area contributed by atoms with Crippen molar-refractivity contribution in [2.45, 2.75) is 0 Å². The maximum atomic E-state index is 8.54. The third-order valence-electron chi connectivity index (χ3n) is 3.90. The van der Waals surface area contributed by atoms with E-state index in [-0.39, 0.29) is 5.71 Å². The van der Waals surface area contributed by atoms with Crippen LogP contribution >= 0.6 is 0 Å². The van der Waals surface area contributed by atoms with Gasteiger partial charge in [0.25, 0.3) is 0 Å². The van der Waals surface area contributed by atoms with Crippen LogP contribution in [0.5, 0.6) is 0 Å². The lowest BCUT2D eigenvalue weighted by atomic mass is 9.99. The Morgan fingerprint density at radius 1 is 1.27 bits per heavy atom. The van der Waals surface area contributed by atoms with Crippen LogP contribution in [0, 0.1) is 5.41 Å². The monoisotopic (exact) mass is 351 g/mol. The molecule has 134 valence electrons. The molecule has 3 aromatic rings. The van der Waals surface area contributed by atoms with E-state index in [1.54, 1.807) is 30.1 Å². The van der Waals surface area contributed by atoms with Gasteiger partial charge in [0, 0.05) is 49.8 Å². The van der Waals surface area contributed by atoms with Crippen LogP contribution in [0.3, 0.4) is 0 Å². The molecule has 1 aromatic carbocycles. The molecule has 2 aromatic heterocycles. The highest BCUT2D eigenvalue weighted by Gasteiger charge is 2.13. The standard InChI is InChI=1S/C18H21N7O/c1-25-10-13(9-24-25)12-3-4-15(19)14(7-12)18(20)16-8-17(23-11-22-16)21-5-6-26-2/h3-4,7-11,20H,5-6,19H2,1-2H3,(H,21,22,23). The number of aryl methyl sites for hydroxylation is 1. The van der Waals surface area contributed by atoms with E-state index in [4.69, 9.17) is 15.9 Å². The zero-order chi connectivity index (χ0) is 18.5. The second-order valence-electron chi connectivity index (χ2n) is 5.79. The summed E-state index contributed by atoms with van der Waals surface area (Å²) in [5, 5.41) is 15.9. The molecule has 0 saturated carbocycles. The fraction of sp³-hybridized carbons (Fsp3) is 0.222. The molecule has 0 amide bonds. The second-order valence-corrected chi connectivity index (χ2v) is 5.79. The van der Waals surface area contributed by atoms with Crippen molar-refractivity contribution in [2.75, 3.05) is 31.3 Å². The topological polar surface area (TPSA) is 115 Å². The summed E-state index contributed by atoms with van der Waals surface area (Å²) in [5.41, 5.74) is 9.90. The molecule has 0 radical (unpaired) electrons. The number of hydrogen-bond donors (Lipinski definition) is 3. The Morgan fingerprint density at radius 2 is 2.12 bits per heavy atom. The summed E-state index contributed by atoms with van der Waals surface area (Å²) in [6.07, 6.45) is 5.13. The first kappa shape index (κ1) is 17.6. The van der Waals surface area contributed by atoms with Crippen molar-refractivity contribution < 1.29 is 4.74 Å². The summed E-state index contributed by atoms with van der Waals surface area (Å²) in [7, 11) is 3.50. The van der Waals surface area contributed by atoms with Gasteiger partial charge in [0.05, 0.1) is 24.2 Å². The molecule has 0 fully saturated rings. The highest BCUT2D eigenvalue weighted by Crippen LogP contribution is 2.25. The van der Waals surface area contributed by atoms with Gasteiger partial charge in [-0.05, 0) is 17.7 Å². The molecule has 0 saturated heterocycles. The molecule has 0 atom stereocenters. The van der Waals surface area contributed by atoms with Crippen molar-refractivity contribution in [1.29, 1.82) is 5.41 Å². The molecule has 0 spiro atoms. The molecule has 3 rings (SSSR count). The number of nitrogens with two attached hydrogens (primary N) is 1. The highest BCUT2D eigenvalue weighted by molar-refractivity contribution is 6.13. The second kappa shape index (κ2) is 7.75. The van der Waals surface area contributed by atoms with Gasteiger partial charge in [0.15, 0.2) is 0 Å². The van der Waals surface area contributed by atoms with Crippen LogP contribution in [-0.2, 0) is 11.8 Å². The van der Waals surface area contributed by atoms with Gasteiger partial charge in [0.1, 0.15) is 12.1 Å². The SMILES string of the molecule is COCCNc1cc(C(=N)c2cc(-c3cnn(C)c3)ccc2N)ncn1. The number of rotatable bonds is 7. The fourth-order valence-corrected chi connectivity index (χ4v) is 2.53.